The van der Waals surface area contributed by atoms with Gasteiger partial charge in [-0.15, -0.1) is 0 Å². The van der Waals surface area contributed by atoms with Gasteiger partial charge in [0.1, 0.15) is 5.75 Å². The second-order valence-electron chi connectivity index (χ2n) is 8.69. The van der Waals surface area contributed by atoms with Crippen LogP contribution in [0.1, 0.15) is 35.2 Å². The van der Waals surface area contributed by atoms with E-state index in [1.54, 1.807) is 35.2 Å². The standard InChI is InChI=1S/C28H29F2N3O3/c29-28(30)36-23-13-11-21(12-14-23)31-25-9-5-4-8-24(25)27(35)33-18-16-22(17-19-33)32-26(34)15-10-20-6-2-1-3-7-20/h1-9,11-14,22,28,31H,10,15-19H2,(H,32,34). The number of amides is 2. The zero-order valence-corrected chi connectivity index (χ0v) is 19.8. The van der Waals surface area contributed by atoms with Crippen LogP contribution in [-0.2, 0) is 11.2 Å². The van der Waals surface area contributed by atoms with E-state index in [2.05, 4.69) is 15.4 Å². The normalized spacial score (nSPS) is 13.9. The highest BCUT2D eigenvalue weighted by atomic mass is 19.3. The van der Waals surface area contributed by atoms with E-state index in [1.165, 1.54) is 12.1 Å². The summed E-state index contributed by atoms with van der Waals surface area (Å²) in [6.45, 7) is -1.78. The summed E-state index contributed by atoms with van der Waals surface area (Å²) >= 11 is 0. The molecule has 0 atom stereocenters. The monoisotopic (exact) mass is 493 g/mol. The van der Waals surface area contributed by atoms with Gasteiger partial charge in [-0.25, -0.2) is 0 Å². The van der Waals surface area contributed by atoms with Crippen LogP contribution in [0.25, 0.3) is 0 Å². The minimum atomic E-state index is -2.88. The lowest BCUT2D eigenvalue weighted by Crippen LogP contribution is -2.46. The van der Waals surface area contributed by atoms with E-state index in [0.717, 1.165) is 5.56 Å². The highest BCUT2D eigenvalue weighted by Crippen LogP contribution is 2.25. The fourth-order valence-corrected chi connectivity index (χ4v) is 4.25. The van der Waals surface area contributed by atoms with Crippen molar-refractivity contribution in [1.82, 2.24) is 10.2 Å². The number of likely N-dealkylation sites (tertiary alicyclic amines) is 1. The Morgan fingerprint density at radius 3 is 2.28 bits per heavy atom. The molecule has 1 aliphatic heterocycles. The molecule has 188 valence electrons. The average Bonchev–Trinajstić information content (AvgIpc) is 2.89. The second-order valence-corrected chi connectivity index (χ2v) is 8.69. The zero-order chi connectivity index (χ0) is 25.3. The van der Waals surface area contributed by atoms with E-state index in [0.29, 0.717) is 55.7 Å². The molecule has 3 aromatic rings. The molecule has 6 nitrogen and oxygen atoms in total. The first-order valence-corrected chi connectivity index (χ1v) is 12.0. The molecule has 1 aliphatic rings. The maximum Gasteiger partial charge on any atom is 0.387 e. The number of carbonyl (C=O) groups is 2. The van der Waals surface area contributed by atoms with Gasteiger partial charge in [0, 0.05) is 31.2 Å². The Labute approximate surface area is 209 Å². The van der Waals surface area contributed by atoms with Crippen LogP contribution in [0.2, 0.25) is 0 Å². The molecule has 1 heterocycles. The number of nitrogens with zero attached hydrogens (tertiary/aromatic N) is 1. The molecule has 0 saturated carbocycles. The molecule has 0 bridgehead atoms. The number of aryl methyl sites for hydroxylation is 1. The number of ether oxygens (including phenoxy) is 1. The predicted molar refractivity (Wildman–Crippen MR) is 135 cm³/mol. The maximum atomic E-state index is 13.3. The van der Waals surface area contributed by atoms with E-state index < -0.39 is 6.61 Å². The Hall–Kier alpha value is -3.94. The van der Waals surface area contributed by atoms with Crippen LogP contribution >= 0.6 is 0 Å². The summed E-state index contributed by atoms with van der Waals surface area (Å²) in [5.41, 5.74) is 2.93. The van der Waals surface area contributed by atoms with Gasteiger partial charge < -0.3 is 20.3 Å². The molecule has 36 heavy (non-hydrogen) atoms. The number of rotatable bonds is 9. The van der Waals surface area contributed by atoms with Gasteiger partial charge in [-0.1, -0.05) is 42.5 Å². The SMILES string of the molecule is O=C(CCc1ccccc1)NC1CCN(C(=O)c2ccccc2Nc2ccc(OC(F)F)cc2)CC1. The van der Waals surface area contributed by atoms with E-state index in [1.807, 2.05) is 36.4 Å². The fraction of sp³-hybridized carbons (Fsp3) is 0.286. The second kappa shape index (κ2) is 12.2. The van der Waals surface area contributed by atoms with Gasteiger partial charge in [0.05, 0.1) is 11.3 Å². The van der Waals surface area contributed by atoms with E-state index in [4.69, 9.17) is 0 Å². The van der Waals surface area contributed by atoms with Crippen molar-refractivity contribution in [3.05, 3.63) is 90.0 Å². The Morgan fingerprint density at radius 2 is 1.58 bits per heavy atom. The molecule has 2 N–H and O–H groups in total. The number of para-hydroxylation sites is 1. The Balaban J connectivity index is 1.29. The molecular formula is C28H29F2N3O3. The number of hydrogen-bond donors (Lipinski definition) is 2. The average molecular weight is 494 g/mol. The van der Waals surface area contributed by atoms with Gasteiger partial charge in [-0.05, 0) is 61.2 Å². The highest BCUT2D eigenvalue weighted by Gasteiger charge is 2.26. The van der Waals surface area contributed by atoms with Gasteiger partial charge in [-0.3, -0.25) is 9.59 Å². The van der Waals surface area contributed by atoms with Crippen LogP contribution in [0.3, 0.4) is 0 Å². The minimum Gasteiger partial charge on any atom is -0.435 e. The van der Waals surface area contributed by atoms with E-state index in [-0.39, 0.29) is 23.6 Å². The first kappa shape index (κ1) is 25.2. The minimum absolute atomic E-state index is 0.0307. The Morgan fingerprint density at radius 1 is 0.917 bits per heavy atom. The summed E-state index contributed by atoms with van der Waals surface area (Å²) in [6, 6.07) is 23.3. The van der Waals surface area contributed by atoms with Gasteiger partial charge >= 0.3 is 6.61 Å². The van der Waals surface area contributed by atoms with Crippen LogP contribution < -0.4 is 15.4 Å². The first-order chi connectivity index (χ1) is 17.5. The van der Waals surface area contributed by atoms with Crippen molar-refractivity contribution in [1.29, 1.82) is 0 Å². The summed E-state index contributed by atoms with van der Waals surface area (Å²) in [7, 11) is 0. The Bertz CT molecular complexity index is 1150. The molecule has 0 spiro atoms. The quantitative estimate of drug-likeness (QED) is 0.420. The topological polar surface area (TPSA) is 70.7 Å². The van der Waals surface area contributed by atoms with Gasteiger partial charge in [0.2, 0.25) is 5.91 Å². The van der Waals surface area contributed by atoms with Crippen molar-refractivity contribution in [2.24, 2.45) is 0 Å². The van der Waals surface area contributed by atoms with Gasteiger partial charge in [0.25, 0.3) is 5.91 Å². The van der Waals surface area contributed by atoms with Crippen LogP contribution in [0.5, 0.6) is 5.75 Å². The lowest BCUT2D eigenvalue weighted by atomic mass is 10.0. The summed E-state index contributed by atoms with van der Waals surface area (Å²) in [4.78, 5) is 27.4. The number of carbonyl (C=O) groups excluding carboxylic acids is 2. The zero-order valence-electron chi connectivity index (χ0n) is 19.8. The molecule has 1 saturated heterocycles. The molecule has 0 aromatic heterocycles. The van der Waals surface area contributed by atoms with Crippen molar-refractivity contribution in [3.8, 4) is 5.75 Å². The van der Waals surface area contributed by atoms with Crippen molar-refractivity contribution in [2.45, 2.75) is 38.3 Å². The fourth-order valence-electron chi connectivity index (χ4n) is 4.25. The van der Waals surface area contributed by atoms with Crippen molar-refractivity contribution >= 4 is 23.2 Å². The highest BCUT2D eigenvalue weighted by molar-refractivity contribution is 6.00. The van der Waals surface area contributed by atoms with Gasteiger partial charge in [0.15, 0.2) is 0 Å². The van der Waals surface area contributed by atoms with E-state index >= 15 is 0 Å². The predicted octanol–water partition coefficient (Wildman–Crippen LogP) is 5.39. The number of alkyl halides is 2. The van der Waals surface area contributed by atoms with Crippen LogP contribution in [0, 0.1) is 0 Å². The van der Waals surface area contributed by atoms with E-state index in [9.17, 15) is 18.4 Å². The number of benzene rings is 3. The lowest BCUT2D eigenvalue weighted by Gasteiger charge is -2.33. The lowest BCUT2D eigenvalue weighted by molar-refractivity contribution is -0.122. The smallest absolute Gasteiger partial charge is 0.387 e. The van der Waals surface area contributed by atoms with Crippen molar-refractivity contribution < 1.29 is 23.1 Å². The number of piperidine rings is 1. The largest absolute Gasteiger partial charge is 0.435 e. The first-order valence-electron chi connectivity index (χ1n) is 12.0. The number of halogens is 2. The van der Waals surface area contributed by atoms with Crippen LogP contribution in [0.4, 0.5) is 20.2 Å². The number of nitrogens with one attached hydrogen (secondary N) is 2. The van der Waals surface area contributed by atoms with Crippen LogP contribution in [0.15, 0.2) is 78.9 Å². The molecule has 8 heteroatoms. The third kappa shape index (κ3) is 7.04. The number of hydrogen-bond acceptors (Lipinski definition) is 4. The van der Waals surface area contributed by atoms with Crippen LogP contribution in [-0.4, -0.2) is 42.5 Å². The molecule has 0 radical (unpaired) electrons. The van der Waals surface area contributed by atoms with Crippen molar-refractivity contribution in [2.75, 3.05) is 18.4 Å². The molecule has 2 amide bonds. The molecule has 4 rings (SSSR count). The van der Waals surface area contributed by atoms with Crippen molar-refractivity contribution in [3.63, 3.8) is 0 Å². The molecule has 3 aromatic carbocycles. The molecule has 1 fully saturated rings. The summed E-state index contributed by atoms with van der Waals surface area (Å²) < 4.78 is 29.1. The maximum absolute atomic E-state index is 13.3. The summed E-state index contributed by atoms with van der Waals surface area (Å²) in [5.74, 6) is 0.00249. The summed E-state index contributed by atoms with van der Waals surface area (Å²) in [6.07, 6.45) is 2.54. The molecule has 0 aliphatic carbocycles. The number of anilines is 2. The summed E-state index contributed by atoms with van der Waals surface area (Å²) in [5, 5.41) is 6.29. The third-order valence-corrected chi connectivity index (χ3v) is 6.15. The van der Waals surface area contributed by atoms with Gasteiger partial charge in [-0.2, -0.15) is 8.78 Å². The molecule has 0 unspecified atom stereocenters. The molecular weight excluding hydrogens is 464 g/mol. The Kier molecular flexibility index (Phi) is 8.49. The third-order valence-electron chi connectivity index (χ3n) is 6.15.